The van der Waals surface area contributed by atoms with Crippen molar-refractivity contribution in [2.45, 2.75) is 0 Å². The highest BCUT2D eigenvalue weighted by Gasteiger charge is 2.11. The lowest BCUT2D eigenvalue weighted by Crippen LogP contribution is -2.21. The maximum atomic E-state index is 12.1. The highest BCUT2D eigenvalue weighted by atomic mass is 16.5. The molecule has 0 aliphatic rings. The fourth-order valence-electron chi connectivity index (χ4n) is 2.15. The molecular weight excluding hydrogens is 324 g/mol. The van der Waals surface area contributed by atoms with Crippen LogP contribution in [0.4, 0.5) is 5.69 Å². The molecule has 2 aromatic rings. The van der Waals surface area contributed by atoms with Gasteiger partial charge in [0, 0.05) is 6.08 Å². The fraction of sp³-hybridized carbons (Fsp3) is 0.111. The second-order valence-corrected chi connectivity index (χ2v) is 4.92. The summed E-state index contributed by atoms with van der Waals surface area (Å²) in [6.07, 6.45) is 2.93. The maximum absolute atomic E-state index is 12.1. The number of rotatable bonds is 6. The average molecular weight is 342 g/mol. The van der Waals surface area contributed by atoms with E-state index in [1.165, 1.54) is 19.3 Å². The van der Waals surface area contributed by atoms with Gasteiger partial charge in [0.1, 0.15) is 0 Å². The number of benzene rings is 2. The lowest BCUT2D eigenvalue weighted by atomic mass is 10.1. The van der Waals surface area contributed by atoms with Crippen LogP contribution in [0.2, 0.25) is 0 Å². The Morgan fingerprint density at radius 3 is 2.44 bits per heavy atom. The molecule has 130 valence electrons. The first-order valence-corrected chi connectivity index (χ1v) is 7.33. The Balaban J connectivity index is 2.13. The van der Waals surface area contributed by atoms with Gasteiger partial charge in [0.15, 0.2) is 11.5 Å². The number of methoxy groups -OCH3 is 2. The number of hydroxylamine groups is 1. The third-order valence-electron chi connectivity index (χ3n) is 3.37. The molecule has 25 heavy (non-hydrogen) atoms. The van der Waals surface area contributed by atoms with Gasteiger partial charge in [0.05, 0.1) is 25.5 Å². The summed E-state index contributed by atoms with van der Waals surface area (Å²) in [6, 6.07) is 11.6. The number of carbonyl (C=O) groups is 2. The molecule has 2 rings (SSSR count). The lowest BCUT2D eigenvalue weighted by molar-refractivity contribution is -0.111. The largest absolute Gasteiger partial charge is 0.493 e. The van der Waals surface area contributed by atoms with Gasteiger partial charge in [-0.05, 0) is 35.9 Å². The quantitative estimate of drug-likeness (QED) is 0.426. The SMILES string of the molecule is COc1ccc(/C=C/C(=O)Nc2ccccc2C(=O)NO)cc1OC. The van der Waals surface area contributed by atoms with Crippen molar-refractivity contribution < 1.29 is 24.3 Å². The molecule has 2 amide bonds. The third-order valence-corrected chi connectivity index (χ3v) is 3.37. The molecule has 0 bridgehead atoms. The first-order valence-electron chi connectivity index (χ1n) is 7.33. The molecule has 0 fully saturated rings. The van der Waals surface area contributed by atoms with E-state index in [0.29, 0.717) is 11.5 Å². The molecule has 0 radical (unpaired) electrons. The first-order chi connectivity index (χ1) is 12.1. The van der Waals surface area contributed by atoms with Crippen molar-refractivity contribution in [2.75, 3.05) is 19.5 Å². The van der Waals surface area contributed by atoms with E-state index in [1.807, 2.05) is 0 Å². The van der Waals surface area contributed by atoms with Crippen LogP contribution >= 0.6 is 0 Å². The van der Waals surface area contributed by atoms with Gasteiger partial charge in [0.25, 0.3) is 5.91 Å². The molecule has 0 heterocycles. The number of para-hydroxylation sites is 1. The minimum absolute atomic E-state index is 0.151. The number of ether oxygens (including phenoxy) is 2. The summed E-state index contributed by atoms with van der Waals surface area (Å²) < 4.78 is 10.4. The number of amides is 2. The van der Waals surface area contributed by atoms with Gasteiger partial charge >= 0.3 is 0 Å². The lowest BCUT2D eigenvalue weighted by Gasteiger charge is -2.08. The molecule has 0 saturated carbocycles. The Bertz CT molecular complexity index is 802. The highest BCUT2D eigenvalue weighted by molar-refractivity contribution is 6.07. The zero-order chi connectivity index (χ0) is 18.2. The van der Waals surface area contributed by atoms with Gasteiger partial charge in [0.2, 0.25) is 5.91 Å². The van der Waals surface area contributed by atoms with Crippen molar-refractivity contribution in [2.24, 2.45) is 0 Å². The van der Waals surface area contributed by atoms with Gasteiger partial charge in [-0.25, -0.2) is 5.48 Å². The van der Waals surface area contributed by atoms with Crippen LogP contribution in [-0.2, 0) is 4.79 Å². The molecule has 0 aliphatic carbocycles. The Hall–Kier alpha value is -3.32. The second kappa shape index (κ2) is 8.51. The van der Waals surface area contributed by atoms with E-state index in [4.69, 9.17) is 14.7 Å². The molecule has 0 atom stereocenters. The summed E-state index contributed by atoms with van der Waals surface area (Å²) in [5, 5.41) is 11.3. The second-order valence-electron chi connectivity index (χ2n) is 4.92. The van der Waals surface area contributed by atoms with Crippen LogP contribution in [-0.4, -0.2) is 31.2 Å². The van der Waals surface area contributed by atoms with Crippen molar-refractivity contribution in [3.63, 3.8) is 0 Å². The van der Waals surface area contributed by atoms with E-state index in [2.05, 4.69) is 5.32 Å². The molecule has 2 aromatic carbocycles. The Labute approximate surface area is 144 Å². The smallest absolute Gasteiger partial charge is 0.276 e. The molecule has 0 aromatic heterocycles. The Morgan fingerprint density at radius 1 is 1.04 bits per heavy atom. The van der Waals surface area contributed by atoms with Gasteiger partial charge < -0.3 is 14.8 Å². The summed E-state index contributed by atoms with van der Waals surface area (Å²) in [5.74, 6) is 0.0100. The van der Waals surface area contributed by atoms with E-state index in [1.54, 1.807) is 55.1 Å². The van der Waals surface area contributed by atoms with Crippen molar-refractivity contribution in [3.05, 3.63) is 59.7 Å². The van der Waals surface area contributed by atoms with Crippen molar-refractivity contribution in [1.82, 2.24) is 5.48 Å². The van der Waals surface area contributed by atoms with Gasteiger partial charge in [-0.1, -0.05) is 18.2 Å². The molecule has 0 unspecified atom stereocenters. The van der Waals surface area contributed by atoms with Crippen molar-refractivity contribution >= 4 is 23.6 Å². The fourth-order valence-corrected chi connectivity index (χ4v) is 2.15. The van der Waals surface area contributed by atoms with Crippen molar-refractivity contribution in [3.8, 4) is 11.5 Å². The van der Waals surface area contributed by atoms with E-state index < -0.39 is 11.8 Å². The van der Waals surface area contributed by atoms with Gasteiger partial charge in [-0.2, -0.15) is 0 Å². The summed E-state index contributed by atoms with van der Waals surface area (Å²) in [7, 11) is 3.07. The predicted molar refractivity (Wildman–Crippen MR) is 92.9 cm³/mol. The molecule has 0 aliphatic heterocycles. The number of hydrogen-bond acceptors (Lipinski definition) is 5. The standard InChI is InChI=1S/C18H18N2O5/c1-24-15-9-7-12(11-16(15)25-2)8-10-17(21)19-14-6-4-3-5-13(14)18(22)20-23/h3-11,23H,1-2H3,(H,19,21)(H,20,22)/b10-8+. The summed E-state index contributed by atoms with van der Waals surface area (Å²) >= 11 is 0. The minimum Gasteiger partial charge on any atom is -0.493 e. The highest BCUT2D eigenvalue weighted by Crippen LogP contribution is 2.28. The van der Waals surface area contributed by atoms with Crippen LogP contribution in [0.1, 0.15) is 15.9 Å². The first kappa shape index (κ1) is 18.0. The predicted octanol–water partition coefficient (Wildman–Crippen LogP) is 2.47. The number of hydrogen-bond donors (Lipinski definition) is 3. The Kier molecular flexibility index (Phi) is 6.14. The van der Waals surface area contributed by atoms with Crippen LogP contribution in [0.25, 0.3) is 6.08 Å². The summed E-state index contributed by atoms with van der Waals surface area (Å²) in [4.78, 5) is 23.6. The topological polar surface area (TPSA) is 96.9 Å². The van der Waals surface area contributed by atoms with Gasteiger partial charge in [-0.3, -0.25) is 14.8 Å². The zero-order valence-corrected chi connectivity index (χ0v) is 13.8. The van der Waals surface area contributed by atoms with Crippen LogP contribution in [0.3, 0.4) is 0 Å². The molecule has 0 saturated heterocycles. The number of carbonyl (C=O) groups excluding carboxylic acids is 2. The molecule has 0 spiro atoms. The van der Waals surface area contributed by atoms with Crippen molar-refractivity contribution in [1.29, 1.82) is 0 Å². The molecule has 3 N–H and O–H groups in total. The van der Waals surface area contributed by atoms with E-state index in [0.717, 1.165) is 5.56 Å². The number of nitrogens with one attached hydrogen (secondary N) is 2. The van der Waals surface area contributed by atoms with Gasteiger partial charge in [-0.15, -0.1) is 0 Å². The third kappa shape index (κ3) is 4.58. The summed E-state index contributed by atoms with van der Waals surface area (Å²) in [5.41, 5.74) is 2.73. The monoisotopic (exact) mass is 342 g/mol. The van der Waals surface area contributed by atoms with E-state index >= 15 is 0 Å². The summed E-state index contributed by atoms with van der Waals surface area (Å²) in [6.45, 7) is 0. The molecule has 7 heteroatoms. The normalized spacial score (nSPS) is 10.4. The average Bonchev–Trinajstić information content (AvgIpc) is 2.65. The minimum atomic E-state index is -0.709. The van der Waals surface area contributed by atoms with Crippen LogP contribution in [0.5, 0.6) is 11.5 Å². The molecular formula is C18H18N2O5. The van der Waals surface area contributed by atoms with Crippen LogP contribution < -0.4 is 20.3 Å². The van der Waals surface area contributed by atoms with Crippen LogP contribution in [0.15, 0.2) is 48.5 Å². The van der Waals surface area contributed by atoms with E-state index in [9.17, 15) is 9.59 Å². The zero-order valence-electron chi connectivity index (χ0n) is 13.8. The van der Waals surface area contributed by atoms with Crippen LogP contribution in [0, 0.1) is 0 Å². The number of anilines is 1. The van der Waals surface area contributed by atoms with E-state index in [-0.39, 0.29) is 11.3 Å². The maximum Gasteiger partial charge on any atom is 0.276 e. The molecule has 7 nitrogen and oxygen atoms in total. The Morgan fingerprint density at radius 2 is 1.76 bits per heavy atom.